The molecule has 2 rings (SSSR count). The normalized spacial score (nSPS) is 11.6. The monoisotopic (exact) mass is 388 g/mol. The zero-order valence-electron chi connectivity index (χ0n) is 12.0. The van der Waals surface area contributed by atoms with Crippen molar-refractivity contribution >= 4 is 43.0 Å². The molecule has 114 valence electrons. The van der Waals surface area contributed by atoms with E-state index in [9.17, 15) is 8.42 Å². The number of hydrogen-bond acceptors (Lipinski definition) is 4. The molecule has 7 heteroatoms. The maximum absolute atomic E-state index is 12.5. The molecule has 0 amide bonds. The summed E-state index contributed by atoms with van der Waals surface area (Å²) in [4.78, 5) is 1.24. The van der Waals surface area contributed by atoms with Gasteiger partial charge in [0.1, 0.15) is 4.90 Å². The molecule has 21 heavy (non-hydrogen) atoms. The first-order valence-corrected chi connectivity index (χ1v) is 9.45. The largest absolute Gasteiger partial charge is 0.315 e. The standard InChI is InChI=1S/C14H17BrN2O2S2/c1-9-4-5-11(6-10(9)2)17-21(18,19)13-7-12(8-16-3)20-14(13)15/h4-7,16-17H,8H2,1-3H3. The van der Waals surface area contributed by atoms with Gasteiger partial charge < -0.3 is 5.32 Å². The number of hydrogen-bond donors (Lipinski definition) is 2. The molecule has 1 heterocycles. The van der Waals surface area contributed by atoms with Crippen LogP contribution in [-0.4, -0.2) is 15.5 Å². The molecule has 0 unspecified atom stereocenters. The van der Waals surface area contributed by atoms with Gasteiger partial charge in [0.25, 0.3) is 10.0 Å². The highest BCUT2D eigenvalue weighted by Crippen LogP contribution is 2.33. The third-order valence-corrected chi connectivity index (χ3v) is 6.74. The number of nitrogens with one attached hydrogen (secondary N) is 2. The summed E-state index contributed by atoms with van der Waals surface area (Å²) in [5, 5.41) is 3.01. The Morgan fingerprint density at radius 3 is 2.52 bits per heavy atom. The van der Waals surface area contributed by atoms with Crippen molar-refractivity contribution < 1.29 is 8.42 Å². The van der Waals surface area contributed by atoms with Crippen LogP contribution in [-0.2, 0) is 16.6 Å². The van der Waals surface area contributed by atoms with Crippen LogP contribution in [0.25, 0.3) is 0 Å². The Morgan fingerprint density at radius 2 is 1.90 bits per heavy atom. The first-order chi connectivity index (χ1) is 9.83. The molecule has 1 aromatic heterocycles. The van der Waals surface area contributed by atoms with Crippen molar-refractivity contribution in [3.63, 3.8) is 0 Å². The van der Waals surface area contributed by atoms with Crippen LogP contribution in [0.4, 0.5) is 5.69 Å². The average Bonchev–Trinajstić information content (AvgIpc) is 2.76. The van der Waals surface area contributed by atoms with Crippen LogP contribution in [0, 0.1) is 13.8 Å². The average molecular weight is 389 g/mol. The molecule has 0 spiro atoms. The van der Waals surface area contributed by atoms with Gasteiger partial charge in [-0.2, -0.15) is 0 Å². The molecule has 0 atom stereocenters. The van der Waals surface area contributed by atoms with Crippen LogP contribution in [0.1, 0.15) is 16.0 Å². The summed E-state index contributed by atoms with van der Waals surface area (Å²) in [5.41, 5.74) is 2.76. The molecule has 0 fully saturated rings. The van der Waals surface area contributed by atoms with E-state index < -0.39 is 10.0 Å². The van der Waals surface area contributed by atoms with Crippen molar-refractivity contribution in [2.75, 3.05) is 11.8 Å². The summed E-state index contributed by atoms with van der Waals surface area (Å²) in [6.45, 7) is 4.59. The van der Waals surface area contributed by atoms with E-state index in [4.69, 9.17) is 0 Å². The summed E-state index contributed by atoms with van der Waals surface area (Å²) in [5.74, 6) is 0. The number of benzene rings is 1. The fraction of sp³-hybridized carbons (Fsp3) is 0.286. The SMILES string of the molecule is CNCc1cc(S(=O)(=O)Nc2ccc(C)c(C)c2)c(Br)s1. The maximum Gasteiger partial charge on any atom is 0.263 e. The third-order valence-electron chi connectivity index (χ3n) is 3.11. The van der Waals surface area contributed by atoms with Gasteiger partial charge in [-0.3, -0.25) is 4.72 Å². The van der Waals surface area contributed by atoms with Crippen molar-refractivity contribution in [2.45, 2.75) is 25.3 Å². The third kappa shape index (κ3) is 3.85. The minimum absolute atomic E-state index is 0.274. The van der Waals surface area contributed by atoms with Crippen molar-refractivity contribution in [3.8, 4) is 0 Å². The van der Waals surface area contributed by atoms with Crippen molar-refractivity contribution in [3.05, 3.63) is 44.1 Å². The molecule has 0 radical (unpaired) electrons. The molecule has 1 aromatic carbocycles. The van der Waals surface area contributed by atoms with Gasteiger partial charge in [-0.05, 0) is 66.2 Å². The number of aryl methyl sites for hydroxylation is 2. The highest BCUT2D eigenvalue weighted by molar-refractivity contribution is 9.11. The molecule has 4 nitrogen and oxygen atoms in total. The van der Waals surface area contributed by atoms with E-state index in [0.29, 0.717) is 16.0 Å². The molecule has 2 N–H and O–H groups in total. The lowest BCUT2D eigenvalue weighted by Crippen LogP contribution is -2.13. The first-order valence-electron chi connectivity index (χ1n) is 6.36. The van der Waals surface area contributed by atoms with E-state index in [1.54, 1.807) is 12.1 Å². The minimum atomic E-state index is -3.59. The topological polar surface area (TPSA) is 58.2 Å². The minimum Gasteiger partial charge on any atom is -0.315 e. The van der Waals surface area contributed by atoms with E-state index in [-0.39, 0.29) is 4.90 Å². The smallest absolute Gasteiger partial charge is 0.263 e. The van der Waals surface area contributed by atoms with Gasteiger partial charge >= 0.3 is 0 Å². The van der Waals surface area contributed by atoms with Gasteiger partial charge in [0.05, 0.1) is 3.79 Å². The first kappa shape index (κ1) is 16.5. The fourth-order valence-electron chi connectivity index (χ4n) is 1.86. The molecule has 0 bridgehead atoms. The molecule has 0 aliphatic heterocycles. The van der Waals surface area contributed by atoms with Gasteiger partial charge in [0, 0.05) is 17.1 Å². The lowest BCUT2D eigenvalue weighted by molar-refractivity contribution is 0.601. The van der Waals surface area contributed by atoms with Crippen molar-refractivity contribution in [2.24, 2.45) is 0 Å². The Labute approximate surface area is 137 Å². The van der Waals surface area contributed by atoms with Crippen LogP contribution in [0.3, 0.4) is 0 Å². The van der Waals surface area contributed by atoms with E-state index in [1.165, 1.54) is 11.3 Å². The van der Waals surface area contributed by atoms with Crippen molar-refractivity contribution in [1.82, 2.24) is 5.32 Å². The summed E-state index contributed by atoms with van der Waals surface area (Å²) in [6, 6.07) is 7.20. The molecule has 0 saturated carbocycles. The number of rotatable bonds is 5. The Balaban J connectivity index is 2.31. The van der Waals surface area contributed by atoms with Crippen LogP contribution in [0.5, 0.6) is 0 Å². The summed E-state index contributed by atoms with van der Waals surface area (Å²) in [6.07, 6.45) is 0. The van der Waals surface area contributed by atoms with Crippen LogP contribution >= 0.6 is 27.3 Å². The Hall–Kier alpha value is -0.890. The fourth-order valence-corrected chi connectivity index (χ4v) is 5.60. The number of sulfonamides is 1. The molecule has 0 aliphatic carbocycles. The zero-order chi connectivity index (χ0) is 15.6. The molecule has 0 saturated heterocycles. The predicted octanol–water partition coefficient (Wildman–Crippen LogP) is 3.65. The van der Waals surface area contributed by atoms with E-state index in [0.717, 1.165) is 16.0 Å². The van der Waals surface area contributed by atoms with Crippen molar-refractivity contribution in [1.29, 1.82) is 0 Å². The van der Waals surface area contributed by atoms with Gasteiger partial charge in [-0.25, -0.2) is 8.42 Å². The van der Waals surface area contributed by atoms with Crippen LogP contribution in [0.15, 0.2) is 32.9 Å². The van der Waals surface area contributed by atoms with Gasteiger partial charge in [-0.1, -0.05) is 6.07 Å². The summed E-state index contributed by atoms with van der Waals surface area (Å²) >= 11 is 4.75. The summed E-state index contributed by atoms with van der Waals surface area (Å²) < 4.78 is 28.2. The Kier molecular flexibility index (Phi) is 5.08. The second-order valence-corrected chi connectivity index (χ2v) is 8.89. The molecule has 2 aromatic rings. The van der Waals surface area contributed by atoms with Crippen LogP contribution in [0.2, 0.25) is 0 Å². The molecule has 0 aliphatic rings. The molecular formula is C14H17BrN2O2S2. The second kappa shape index (κ2) is 6.48. The van der Waals surface area contributed by atoms with Gasteiger partial charge in [-0.15, -0.1) is 11.3 Å². The van der Waals surface area contributed by atoms with Gasteiger partial charge in [0.15, 0.2) is 0 Å². The Morgan fingerprint density at radius 1 is 1.19 bits per heavy atom. The quantitative estimate of drug-likeness (QED) is 0.821. The zero-order valence-corrected chi connectivity index (χ0v) is 15.2. The van der Waals surface area contributed by atoms with Crippen LogP contribution < -0.4 is 10.0 Å². The van der Waals surface area contributed by atoms with E-state index >= 15 is 0 Å². The van der Waals surface area contributed by atoms with E-state index in [2.05, 4.69) is 26.0 Å². The highest BCUT2D eigenvalue weighted by atomic mass is 79.9. The lowest BCUT2D eigenvalue weighted by atomic mass is 10.1. The number of anilines is 1. The molecular weight excluding hydrogens is 372 g/mol. The van der Waals surface area contributed by atoms with E-state index in [1.807, 2.05) is 33.0 Å². The highest BCUT2D eigenvalue weighted by Gasteiger charge is 2.21. The number of thiophene rings is 1. The second-order valence-electron chi connectivity index (χ2n) is 4.79. The van der Waals surface area contributed by atoms with Gasteiger partial charge in [0.2, 0.25) is 0 Å². The predicted molar refractivity (Wildman–Crippen MR) is 91.5 cm³/mol. The Bertz CT molecular complexity index is 754. The maximum atomic E-state index is 12.5. The lowest BCUT2D eigenvalue weighted by Gasteiger charge is -2.09. The number of halogens is 1. The summed E-state index contributed by atoms with van der Waals surface area (Å²) in [7, 11) is -1.76.